The molecule has 8 heteroatoms. The van der Waals surface area contributed by atoms with Crippen LogP contribution in [0.4, 0.5) is 17.3 Å². The lowest BCUT2D eigenvalue weighted by Gasteiger charge is -2.35. The molecule has 7 nitrogen and oxygen atoms in total. The van der Waals surface area contributed by atoms with Gasteiger partial charge < -0.3 is 20.0 Å². The van der Waals surface area contributed by atoms with Gasteiger partial charge in [-0.05, 0) is 49.1 Å². The number of rotatable bonds is 6. The highest BCUT2D eigenvalue weighted by molar-refractivity contribution is 7.21. The van der Waals surface area contributed by atoms with E-state index in [4.69, 9.17) is 0 Å². The van der Waals surface area contributed by atoms with E-state index < -0.39 is 0 Å². The second kappa shape index (κ2) is 9.88. The fourth-order valence-corrected chi connectivity index (χ4v) is 6.43. The molecule has 2 fully saturated rings. The van der Waals surface area contributed by atoms with Crippen molar-refractivity contribution in [3.05, 3.63) is 41.0 Å². The largest absolute Gasteiger partial charge is 0.368 e. The van der Waals surface area contributed by atoms with E-state index in [2.05, 4.69) is 44.1 Å². The molecule has 1 aliphatic carbocycles. The van der Waals surface area contributed by atoms with Gasteiger partial charge in [-0.25, -0.2) is 9.97 Å². The van der Waals surface area contributed by atoms with Crippen LogP contribution in [-0.4, -0.2) is 72.5 Å². The normalized spacial score (nSPS) is 17.4. The summed E-state index contributed by atoms with van der Waals surface area (Å²) < 4.78 is 1.08. The number of piperazine rings is 1. The number of carbonyl (C=O) groups is 1. The molecule has 0 atom stereocenters. The van der Waals surface area contributed by atoms with E-state index in [1.165, 1.54) is 18.4 Å². The predicted octanol–water partition coefficient (Wildman–Crippen LogP) is 4.94. The van der Waals surface area contributed by atoms with Crippen LogP contribution in [0.5, 0.6) is 0 Å². The molecule has 3 aromatic heterocycles. The Kier molecular flexibility index (Phi) is 6.70. The minimum Gasteiger partial charge on any atom is -0.368 e. The van der Waals surface area contributed by atoms with Crippen molar-refractivity contribution in [1.82, 2.24) is 19.8 Å². The lowest BCUT2D eigenvalue weighted by atomic mass is 9.94. The third-order valence-electron chi connectivity index (χ3n) is 7.17. The van der Waals surface area contributed by atoms with Crippen molar-refractivity contribution >= 4 is 44.7 Å². The molecular formula is C26H34N6OS. The summed E-state index contributed by atoms with van der Waals surface area (Å²) in [6.07, 6.45) is 8.62. The number of hydrogen-bond acceptors (Lipinski definition) is 7. The van der Waals surface area contributed by atoms with Gasteiger partial charge in [-0.3, -0.25) is 4.79 Å². The number of pyridine rings is 2. The number of thiophene rings is 1. The fourth-order valence-electron chi connectivity index (χ4n) is 5.17. The second-order valence-electron chi connectivity index (χ2n) is 9.54. The van der Waals surface area contributed by atoms with Gasteiger partial charge in [0.25, 0.3) is 5.91 Å². The van der Waals surface area contributed by atoms with Crippen LogP contribution in [0.15, 0.2) is 30.6 Å². The first kappa shape index (κ1) is 23.1. The number of likely N-dealkylation sites (N-methyl/N-ethyl adjacent to an activating group) is 1. The van der Waals surface area contributed by atoms with E-state index in [1.54, 1.807) is 16.2 Å². The molecule has 0 spiro atoms. The highest BCUT2D eigenvalue weighted by Crippen LogP contribution is 2.44. The SMILES string of the molecule is CCN1CCN(c2ccc(Nc3cc4c(C5CCCC5)c(C(=O)N(C)C)sc4cn3)nc2)CC1. The van der Waals surface area contributed by atoms with Gasteiger partial charge in [-0.1, -0.05) is 19.8 Å². The van der Waals surface area contributed by atoms with Gasteiger partial charge >= 0.3 is 0 Å². The second-order valence-corrected chi connectivity index (χ2v) is 10.6. The molecule has 3 aromatic rings. The number of anilines is 3. The Labute approximate surface area is 205 Å². The Bertz CT molecular complexity index is 1140. The van der Waals surface area contributed by atoms with E-state index in [0.29, 0.717) is 5.92 Å². The lowest BCUT2D eigenvalue weighted by molar-refractivity contribution is 0.0831. The van der Waals surface area contributed by atoms with E-state index in [-0.39, 0.29) is 5.91 Å². The lowest BCUT2D eigenvalue weighted by Crippen LogP contribution is -2.46. The molecule has 34 heavy (non-hydrogen) atoms. The van der Waals surface area contributed by atoms with Gasteiger partial charge in [-0.2, -0.15) is 0 Å². The van der Waals surface area contributed by atoms with Crippen LogP contribution in [0.2, 0.25) is 0 Å². The van der Waals surface area contributed by atoms with Crippen LogP contribution in [0.1, 0.15) is 53.8 Å². The molecule has 1 amide bonds. The van der Waals surface area contributed by atoms with Crippen LogP contribution < -0.4 is 10.2 Å². The zero-order valence-corrected chi connectivity index (χ0v) is 21.2. The summed E-state index contributed by atoms with van der Waals surface area (Å²) in [4.78, 5) is 29.7. The molecule has 180 valence electrons. The van der Waals surface area contributed by atoms with Crippen molar-refractivity contribution in [2.45, 2.75) is 38.5 Å². The molecule has 0 radical (unpaired) electrons. The molecule has 0 unspecified atom stereocenters. The van der Waals surface area contributed by atoms with Crippen LogP contribution in [0, 0.1) is 0 Å². The third-order valence-corrected chi connectivity index (χ3v) is 8.31. The first-order valence-electron chi connectivity index (χ1n) is 12.4. The topological polar surface area (TPSA) is 64.6 Å². The molecule has 1 N–H and O–H groups in total. The van der Waals surface area contributed by atoms with Gasteiger partial charge in [0.15, 0.2) is 0 Å². The molecule has 5 rings (SSSR count). The number of carbonyl (C=O) groups excluding carboxylic acids is 1. The minimum absolute atomic E-state index is 0.0923. The summed E-state index contributed by atoms with van der Waals surface area (Å²) in [6.45, 7) is 7.61. The molecule has 0 bridgehead atoms. The van der Waals surface area contributed by atoms with Crippen LogP contribution in [0.3, 0.4) is 0 Å². The van der Waals surface area contributed by atoms with E-state index in [0.717, 1.165) is 77.9 Å². The van der Waals surface area contributed by atoms with Crippen molar-refractivity contribution in [2.75, 3.05) is 57.0 Å². The van der Waals surface area contributed by atoms with Gasteiger partial charge in [-0.15, -0.1) is 11.3 Å². The Morgan fingerprint density at radius 1 is 1.09 bits per heavy atom. The summed E-state index contributed by atoms with van der Waals surface area (Å²) in [6, 6.07) is 6.27. The zero-order chi connectivity index (χ0) is 23.7. The van der Waals surface area contributed by atoms with E-state index in [9.17, 15) is 4.79 Å². The Hall–Kier alpha value is -2.71. The maximum absolute atomic E-state index is 12.9. The average molecular weight is 479 g/mol. The summed E-state index contributed by atoms with van der Waals surface area (Å²) in [5, 5.41) is 4.54. The number of aromatic nitrogens is 2. The zero-order valence-electron chi connectivity index (χ0n) is 20.4. The Morgan fingerprint density at radius 3 is 2.47 bits per heavy atom. The van der Waals surface area contributed by atoms with Gasteiger partial charge in [0.2, 0.25) is 0 Å². The third kappa shape index (κ3) is 4.61. The predicted molar refractivity (Wildman–Crippen MR) is 141 cm³/mol. The molecule has 0 aromatic carbocycles. The molecule has 1 aliphatic heterocycles. The highest BCUT2D eigenvalue weighted by atomic mass is 32.1. The van der Waals surface area contributed by atoms with Crippen molar-refractivity contribution in [3.63, 3.8) is 0 Å². The first-order valence-corrected chi connectivity index (χ1v) is 13.2. The van der Waals surface area contributed by atoms with Crippen molar-refractivity contribution in [3.8, 4) is 0 Å². The number of nitrogens with one attached hydrogen (secondary N) is 1. The number of nitrogens with zero attached hydrogens (tertiary/aromatic N) is 5. The van der Waals surface area contributed by atoms with Crippen molar-refractivity contribution in [1.29, 1.82) is 0 Å². The molecule has 1 saturated heterocycles. The highest BCUT2D eigenvalue weighted by Gasteiger charge is 2.28. The quantitative estimate of drug-likeness (QED) is 0.542. The van der Waals surface area contributed by atoms with Gasteiger partial charge in [0, 0.05) is 51.9 Å². The van der Waals surface area contributed by atoms with Crippen LogP contribution >= 0.6 is 11.3 Å². The van der Waals surface area contributed by atoms with Crippen molar-refractivity contribution < 1.29 is 4.79 Å². The fraction of sp³-hybridized carbons (Fsp3) is 0.500. The maximum Gasteiger partial charge on any atom is 0.263 e. The Morgan fingerprint density at radius 2 is 1.82 bits per heavy atom. The van der Waals surface area contributed by atoms with Crippen LogP contribution in [0.25, 0.3) is 10.1 Å². The summed E-state index contributed by atoms with van der Waals surface area (Å²) >= 11 is 1.58. The van der Waals surface area contributed by atoms with Gasteiger partial charge in [0.05, 0.1) is 21.5 Å². The number of hydrogen-bond donors (Lipinski definition) is 1. The smallest absolute Gasteiger partial charge is 0.263 e. The molecule has 1 saturated carbocycles. The minimum atomic E-state index is 0.0923. The average Bonchev–Trinajstić information content (AvgIpc) is 3.51. The Balaban J connectivity index is 1.38. The molecular weight excluding hydrogens is 444 g/mol. The summed E-state index contributed by atoms with van der Waals surface area (Å²) in [5.74, 6) is 2.10. The molecule has 4 heterocycles. The monoisotopic (exact) mass is 478 g/mol. The van der Waals surface area contributed by atoms with Gasteiger partial charge in [0.1, 0.15) is 11.6 Å². The molecule has 2 aliphatic rings. The standard InChI is InChI=1S/C26H34N6OS/c1-4-31-11-13-32(14-12-31)19-9-10-22(27-16-19)29-23-15-20-21(17-28-23)34-25(26(33)30(2)3)24(20)18-7-5-6-8-18/h9-10,15-18H,4-8,11-14H2,1-3H3,(H,27,28,29). The van der Waals surface area contributed by atoms with E-state index in [1.807, 2.05) is 32.6 Å². The van der Waals surface area contributed by atoms with E-state index >= 15 is 0 Å². The summed E-state index contributed by atoms with van der Waals surface area (Å²) in [7, 11) is 3.66. The number of amides is 1. The summed E-state index contributed by atoms with van der Waals surface area (Å²) in [5.41, 5.74) is 2.38. The number of fused-ring (bicyclic) bond motifs is 1. The van der Waals surface area contributed by atoms with Crippen molar-refractivity contribution in [2.24, 2.45) is 0 Å². The maximum atomic E-state index is 12.9. The first-order chi connectivity index (χ1) is 16.5. The van der Waals surface area contributed by atoms with Crippen LogP contribution in [-0.2, 0) is 0 Å².